The molecule has 0 unspecified atom stereocenters. The molecule has 1 fully saturated rings. The Morgan fingerprint density at radius 2 is 1.74 bits per heavy atom. The number of ether oxygens (including phenoxy) is 1. The van der Waals surface area contributed by atoms with E-state index in [1.807, 2.05) is 6.07 Å². The molecule has 1 aliphatic heterocycles. The van der Waals surface area contributed by atoms with Crippen molar-refractivity contribution in [1.29, 1.82) is 0 Å². The van der Waals surface area contributed by atoms with Crippen molar-refractivity contribution in [2.75, 3.05) is 20.2 Å². The first kappa shape index (κ1) is 24.4. The number of halogens is 4. The fraction of sp³-hybridized carbons (Fsp3) is 0.400. The van der Waals surface area contributed by atoms with Crippen molar-refractivity contribution in [2.24, 2.45) is 0 Å². The number of benzene rings is 2. The molecule has 0 spiro atoms. The summed E-state index contributed by atoms with van der Waals surface area (Å²) in [5.41, 5.74) is 2.39. The van der Waals surface area contributed by atoms with Gasteiger partial charge in [0.25, 0.3) is 0 Å². The Kier molecular flexibility index (Phi) is 10.8. The Morgan fingerprint density at radius 1 is 1.07 bits per heavy atom. The molecule has 150 valence electrons. The van der Waals surface area contributed by atoms with Gasteiger partial charge in [-0.3, -0.25) is 4.90 Å². The minimum absolute atomic E-state index is 0. The normalized spacial score (nSPS) is 14.9. The monoisotopic (exact) mass is 450 g/mol. The highest BCUT2D eigenvalue weighted by molar-refractivity contribution is 6.35. The summed E-state index contributed by atoms with van der Waals surface area (Å²) < 4.78 is 5.42. The van der Waals surface area contributed by atoms with E-state index in [9.17, 15) is 0 Å². The van der Waals surface area contributed by atoms with Gasteiger partial charge in [-0.2, -0.15) is 0 Å². The number of hydrogen-bond acceptors (Lipinski definition) is 3. The highest BCUT2D eigenvalue weighted by atomic mass is 35.5. The number of methoxy groups -OCH3 is 1. The lowest BCUT2D eigenvalue weighted by molar-refractivity contribution is 0.190. The highest BCUT2D eigenvalue weighted by Crippen LogP contribution is 2.32. The van der Waals surface area contributed by atoms with E-state index in [2.05, 4.69) is 40.5 Å². The minimum atomic E-state index is 0. The maximum atomic E-state index is 6.21. The molecule has 0 radical (unpaired) electrons. The molecule has 1 N–H and O–H groups in total. The molecule has 0 atom stereocenters. The first-order valence-corrected chi connectivity index (χ1v) is 9.43. The molecule has 2 aromatic carbocycles. The molecule has 0 amide bonds. The molecule has 0 aliphatic carbocycles. The SMILES string of the molecule is COc1c(Cl)cc(Cl)cc1CNC1CCN(Cc2ccccc2)CC1.Cl.Cl. The molecule has 1 heterocycles. The smallest absolute Gasteiger partial charge is 0.142 e. The van der Waals surface area contributed by atoms with Crippen LogP contribution in [-0.2, 0) is 13.1 Å². The summed E-state index contributed by atoms with van der Waals surface area (Å²) in [4.78, 5) is 2.52. The molecule has 3 rings (SSSR count). The number of rotatable bonds is 6. The fourth-order valence-electron chi connectivity index (χ4n) is 3.36. The molecule has 3 nitrogen and oxygen atoms in total. The van der Waals surface area contributed by atoms with Crippen molar-refractivity contribution < 1.29 is 4.74 Å². The fourth-order valence-corrected chi connectivity index (χ4v) is 3.98. The molecule has 2 aromatic rings. The maximum Gasteiger partial charge on any atom is 0.142 e. The summed E-state index contributed by atoms with van der Waals surface area (Å²) >= 11 is 12.3. The summed E-state index contributed by atoms with van der Waals surface area (Å²) in [5, 5.41) is 4.83. The second-order valence-electron chi connectivity index (χ2n) is 6.50. The minimum Gasteiger partial charge on any atom is -0.495 e. The standard InChI is InChI=1S/C20H24Cl2N2O.2ClH/c1-25-20-16(11-17(21)12-19(20)22)13-23-18-7-9-24(10-8-18)14-15-5-3-2-4-6-15;;/h2-6,11-12,18,23H,7-10,13-14H2,1H3;2*1H. The Hall–Kier alpha value is -0.680. The van der Waals surface area contributed by atoms with Crippen LogP contribution in [0.25, 0.3) is 0 Å². The van der Waals surface area contributed by atoms with Crippen molar-refractivity contribution in [2.45, 2.75) is 32.0 Å². The summed E-state index contributed by atoms with van der Waals surface area (Å²) in [5.74, 6) is 0.708. The van der Waals surface area contributed by atoms with Gasteiger partial charge < -0.3 is 10.1 Å². The van der Waals surface area contributed by atoms with Gasteiger partial charge in [-0.15, -0.1) is 24.8 Å². The first-order valence-electron chi connectivity index (χ1n) is 8.67. The number of piperidine rings is 1. The van der Waals surface area contributed by atoms with Crippen molar-refractivity contribution in [1.82, 2.24) is 10.2 Å². The summed E-state index contributed by atoms with van der Waals surface area (Å²) in [7, 11) is 1.64. The average molecular weight is 452 g/mol. The number of nitrogens with one attached hydrogen (secondary N) is 1. The van der Waals surface area contributed by atoms with E-state index in [4.69, 9.17) is 27.9 Å². The van der Waals surface area contributed by atoms with Crippen molar-refractivity contribution >= 4 is 48.0 Å². The molecule has 1 saturated heterocycles. The zero-order valence-corrected chi connectivity index (χ0v) is 18.4. The van der Waals surface area contributed by atoms with Gasteiger partial charge in [-0.05, 0) is 43.6 Å². The topological polar surface area (TPSA) is 24.5 Å². The van der Waals surface area contributed by atoms with E-state index in [0.29, 0.717) is 28.4 Å². The molecule has 1 aliphatic rings. The lowest BCUT2D eigenvalue weighted by atomic mass is 10.0. The average Bonchev–Trinajstić information content (AvgIpc) is 2.62. The zero-order chi connectivity index (χ0) is 17.6. The van der Waals surface area contributed by atoms with Gasteiger partial charge in [0, 0.05) is 29.7 Å². The largest absolute Gasteiger partial charge is 0.495 e. The van der Waals surface area contributed by atoms with Crippen LogP contribution in [0.5, 0.6) is 5.75 Å². The van der Waals surface area contributed by atoms with Crippen molar-refractivity contribution in [3.05, 3.63) is 63.6 Å². The van der Waals surface area contributed by atoms with Crippen LogP contribution in [0, 0.1) is 0 Å². The third-order valence-electron chi connectivity index (χ3n) is 4.71. The van der Waals surface area contributed by atoms with Crippen LogP contribution in [0.3, 0.4) is 0 Å². The summed E-state index contributed by atoms with van der Waals surface area (Å²) in [6, 6.07) is 14.8. The van der Waals surface area contributed by atoms with Crippen LogP contribution in [0.2, 0.25) is 10.0 Å². The lowest BCUT2D eigenvalue weighted by Crippen LogP contribution is -2.41. The predicted octanol–water partition coefficient (Wildman–Crippen LogP) is 5.60. The Morgan fingerprint density at radius 3 is 2.37 bits per heavy atom. The summed E-state index contributed by atoms with van der Waals surface area (Å²) in [6.45, 7) is 3.97. The van der Waals surface area contributed by atoms with Gasteiger partial charge in [-0.1, -0.05) is 53.5 Å². The van der Waals surface area contributed by atoms with Gasteiger partial charge in [0.2, 0.25) is 0 Å². The van der Waals surface area contributed by atoms with E-state index >= 15 is 0 Å². The first-order chi connectivity index (χ1) is 12.2. The maximum absolute atomic E-state index is 6.21. The Labute approximate surface area is 184 Å². The van der Waals surface area contributed by atoms with Crippen LogP contribution >= 0.6 is 48.0 Å². The third kappa shape index (κ3) is 7.01. The van der Waals surface area contributed by atoms with Gasteiger partial charge in [0.15, 0.2) is 0 Å². The van der Waals surface area contributed by atoms with Gasteiger partial charge >= 0.3 is 0 Å². The second kappa shape index (κ2) is 12.0. The molecule has 0 saturated carbocycles. The number of nitrogens with zero attached hydrogens (tertiary/aromatic N) is 1. The molecule has 27 heavy (non-hydrogen) atoms. The van der Waals surface area contributed by atoms with E-state index in [0.717, 1.165) is 38.0 Å². The van der Waals surface area contributed by atoms with Crippen molar-refractivity contribution in [3.63, 3.8) is 0 Å². The Bertz CT molecular complexity index is 692. The van der Waals surface area contributed by atoms with E-state index in [1.165, 1.54) is 5.56 Å². The summed E-state index contributed by atoms with van der Waals surface area (Å²) in [6.07, 6.45) is 2.28. The highest BCUT2D eigenvalue weighted by Gasteiger charge is 2.19. The van der Waals surface area contributed by atoms with Crippen LogP contribution in [0.1, 0.15) is 24.0 Å². The van der Waals surface area contributed by atoms with Crippen LogP contribution in [0.15, 0.2) is 42.5 Å². The molecule has 0 aromatic heterocycles. The van der Waals surface area contributed by atoms with Gasteiger partial charge in [0.05, 0.1) is 12.1 Å². The molecular formula is C20H26Cl4N2O. The van der Waals surface area contributed by atoms with Crippen LogP contribution in [-0.4, -0.2) is 31.1 Å². The third-order valence-corrected chi connectivity index (χ3v) is 5.21. The lowest BCUT2D eigenvalue weighted by Gasteiger charge is -2.32. The van der Waals surface area contributed by atoms with E-state index in [-0.39, 0.29) is 24.8 Å². The van der Waals surface area contributed by atoms with E-state index < -0.39 is 0 Å². The zero-order valence-electron chi connectivity index (χ0n) is 15.3. The second-order valence-corrected chi connectivity index (χ2v) is 7.34. The van der Waals surface area contributed by atoms with E-state index in [1.54, 1.807) is 13.2 Å². The molecule has 0 bridgehead atoms. The van der Waals surface area contributed by atoms with Gasteiger partial charge in [0.1, 0.15) is 5.75 Å². The Balaban J connectivity index is 0.00000182. The van der Waals surface area contributed by atoms with Crippen LogP contribution in [0.4, 0.5) is 0 Å². The number of hydrogen-bond donors (Lipinski definition) is 1. The molecular weight excluding hydrogens is 426 g/mol. The van der Waals surface area contributed by atoms with Gasteiger partial charge in [-0.25, -0.2) is 0 Å². The van der Waals surface area contributed by atoms with Crippen molar-refractivity contribution in [3.8, 4) is 5.75 Å². The number of likely N-dealkylation sites (tertiary alicyclic amines) is 1. The van der Waals surface area contributed by atoms with Crippen LogP contribution < -0.4 is 10.1 Å². The predicted molar refractivity (Wildman–Crippen MR) is 119 cm³/mol. The molecule has 7 heteroatoms. The quantitative estimate of drug-likeness (QED) is 0.618.